The van der Waals surface area contributed by atoms with Gasteiger partial charge in [0.2, 0.25) is 5.88 Å². The summed E-state index contributed by atoms with van der Waals surface area (Å²) in [6, 6.07) is 6.22. The molecule has 6 nitrogen and oxygen atoms in total. The summed E-state index contributed by atoms with van der Waals surface area (Å²) in [6.07, 6.45) is -0.580. The van der Waals surface area contributed by atoms with Crippen molar-refractivity contribution in [3.8, 4) is 5.88 Å². The average molecular weight is 354 g/mol. The molecule has 3 heterocycles. The van der Waals surface area contributed by atoms with Crippen LogP contribution in [0.15, 0.2) is 36.7 Å². The van der Waals surface area contributed by atoms with Gasteiger partial charge in [-0.2, -0.15) is 0 Å². The number of aromatic nitrogens is 3. The van der Waals surface area contributed by atoms with Crippen molar-refractivity contribution in [2.24, 2.45) is 5.92 Å². The van der Waals surface area contributed by atoms with Crippen molar-refractivity contribution < 1.29 is 23.0 Å². The lowest BCUT2D eigenvalue weighted by Crippen LogP contribution is -2.36. The van der Waals surface area contributed by atoms with Crippen molar-refractivity contribution >= 4 is 5.82 Å². The lowest BCUT2D eigenvalue weighted by Gasteiger charge is -2.34. The minimum absolute atomic E-state index is 0.0984. The normalized spacial score (nSPS) is 17.4. The van der Waals surface area contributed by atoms with Crippen molar-refractivity contribution in [3.63, 3.8) is 0 Å². The summed E-state index contributed by atoms with van der Waals surface area (Å²) in [5, 5.41) is 17.7. The van der Waals surface area contributed by atoms with Crippen LogP contribution in [0.1, 0.15) is 24.5 Å². The van der Waals surface area contributed by atoms with E-state index >= 15 is 0 Å². The number of piperidine rings is 1. The van der Waals surface area contributed by atoms with Crippen molar-refractivity contribution in [3.05, 3.63) is 42.2 Å². The minimum Gasteiger partial charge on any atom is -0.388 e. The number of hydrogen-bond acceptors (Lipinski definition) is 6. The van der Waals surface area contributed by atoms with Gasteiger partial charge in [0.25, 0.3) is 0 Å². The van der Waals surface area contributed by atoms with Crippen molar-refractivity contribution in [1.29, 1.82) is 0 Å². The van der Waals surface area contributed by atoms with Gasteiger partial charge in [-0.05, 0) is 36.5 Å². The van der Waals surface area contributed by atoms with Crippen LogP contribution >= 0.6 is 0 Å². The standard InChI is InChI=1S/C16H17F3N4O2/c17-16(18,19)25-14-4-3-13(21-22-14)23-8-5-11(6-9-23)15(24)12-2-1-7-20-10-12/h1-4,7,10-11,15,24H,5-6,8-9H2/t15-/m0/s1. The summed E-state index contributed by atoms with van der Waals surface area (Å²) in [5.41, 5.74) is 0.786. The van der Waals surface area contributed by atoms with E-state index in [9.17, 15) is 18.3 Å². The van der Waals surface area contributed by atoms with Crippen LogP contribution in [0.3, 0.4) is 0 Å². The van der Waals surface area contributed by atoms with Gasteiger partial charge in [0.1, 0.15) is 0 Å². The molecule has 1 atom stereocenters. The number of alkyl halides is 3. The van der Waals surface area contributed by atoms with Gasteiger partial charge in [-0.3, -0.25) is 4.98 Å². The van der Waals surface area contributed by atoms with Gasteiger partial charge >= 0.3 is 6.36 Å². The van der Waals surface area contributed by atoms with E-state index in [2.05, 4.69) is 19.9 Å². The number of halogens is 3. The zero-order valence-electron chi connectivity index (χ0n) is 13.2. The number of aliphatic hydroxyl groups excluding tert-OH is 1. The molecule has 0 aliphatic carbocycles. The molecule has 9 heteroatoms. The molecule has 0 unspecified atom stereocenters. The Morgan fingerprint density at radius 2 is 1.92 bits per heavy atom. The Morgan fingerprint density at radius 3 is 2.48 bits per heavy atom. The molecule has 25 heavy (non-hydrogen) atoms. The maximum atomic E-state index is 12.1. The molecule has 0 spiro atoms. The Labute approximate surface area is 142 Å². The van der Waals surface area contributed by atoms with E-state index < -0.39 is 18.3 Å². The molecule has 0 aromatic carbocycles. The molecule has 1 aliphatic rings. The molecule has 0 amide bonds. The summed E-state index contributed by atoms with van der Waals surface area (Å²) in [7, 11) is 0. The van der Waals surface area contributed by atoms with E-state index in [-0.39, 0.29) is 5.92 Å². The van der Waals surface area contributed by atoms with E-state index in [4.69, 9.17) is 0 Å². The highest BCUT2D eigenvalue weighted by Gasteiger charge is 2.32. The highest BCUT2D eigenvalue weighted by Crippen LogP contribution is 2.31. The molecule has 3 rings (SSSR count). The second-order valence-electron chi connectivity index (χ2n) is 5.83. The predicted octanol–water partition coefficient (Wildman–Crippen LogP) is 2.72. The lowest BCUT2D eigenvalue weighted by molar-refractivity contribution is -0.276. The fourth-order valence-electron chi connectivity index (χ4n) is 2.92. The molecule has 0 bridgehead atoms. The number of hydrogen-bond donors (Lipinski definition) is 1. The van der Waals surface area contributed by atoms with E-state index in [1.54, 1.807) is 18.5 Å². The number of pyridine rings is 1. The predicted molar refractivity (Wildman–Crippen MR) is 82.8 cm³/mol. The molecule has 0 radical (unpaired) electrons. The first-order valence-corrected chi connectivity index (χ1v) is 7.85. The van der Waals surface area contributed by atoms with E-state index in [0.717, 1.165) is 24.5 Å². The van der Waals surface area contributed by atoms with E-state index in [1.807, 2.05) is 11.0 Å². The van der Waals surface area contributed by atoms with Gasteiger partial charge in [0, 0.05) is 31.5 Å². The maximum Gasteiger partial charge on any atom is 0.574 e. The van der Waals surface area contributed by atoms with Crippen LogP contribution in [0.5, 0.6) is 5.88 Å². The van der Waals surface area contributed by atoms with Gasteiger partial charge in [0.15, 0.2) is 5.82 Å². The third kappa shape index (κ3) is 4.56. The summed E-state index contributed by atoms with van der Waals surface area (Å²) in [6.45, 7) is 1.27. The second kappa shape index (κ2) is 7.22. The maximum absolute atomic E-state index is 12.1. The Bertz CT molecular complexity index is 674. The Morgan fingerprint density at radius 1 is 1.16 bits per heavy atom. The van der Waals surface area contributed by atoms with Crippen LogP contribution in [0.25, 0.3) is 0 Å². The van der Waals surface area contributed by atoms with E-state index in [0.29, 0.717) is 18.9 Å². The van der Waals surface area contributed by atoms with Crippen LogP contribution in [-0.4, -0.2) is 39.7 Å². The molecule has 1 fully saturated rings. The van der Waals surface area contributed by atoms with E-state index in [1.165, 1.54) is 6.07 Å². The van der Waals surface area contributed by atoms with Gasteiger partial charge < -0.3 is 14.7 Å². The van der Waals surface area contributed by atoms with Crippen LogP contribution in [-0.2, 0) is 0 Å². The number of aliphatic hydroxyl groups is 1. The molecule has 2 aromatic rings. The SMILES string of the molecule is O[C@H](c1cccnc1)C1CCN(c2ccc(OC(F)(F)F)nn2)CC1. The van der Waals surface area contributed by atoms with Gasteiger partial charge in [0.05, 0.1) is 6.10 Å². The summed E-state index contributed by atoms with van der Waals surface area (Å²) >= 11 is 0. The average Bonchev–Trinajstić information content (AvgIpc) is 2.61. The number of rotatable bonds is 4. The smallest absolute Gasteiger partial charge is 0.388 e. The summed E-state index contributed by atoms with van der Waals surface area (Å²) in [4.78, 5) is 5.94. The first-order chi connectivity index (χ1) is 11.9. The Kier molecular flexibility index (Phi) is 5.03. The molecule has 2 aromatic heterocycles. The van der Waals surface area contributed by atoms with Crippen molar-refractivity contribution in [2.45, 2.75) is 25.3 Å². The molecule has 0 saturated carbocycles. The number of ether oxygens (including phenoxy) is 1. The van der Waals surface area contributed by atoms with Crippen molar-refractivity contribution in [1.82, 2.24) is 15.2 Å². The molecule has 1 saturated heterocycles. The number of anilines is 1. The van der Waals surface area contributed by atoms with Gasteiger partial charge in [-0.25, -0.2) is 0 Å². The van der Waals surface area contributed by atoms with Gasteiger partial charge in [-0.15, -0.1) is 23.4 Å². The summed E-state index contributed by atoms with van der Waals surface area (Å²) < 4.78 is 40.1. The Balaban J connectivity index is 1.57. The topological polar surface area (TPSA) is 71.4 Å². The fraction of sp³-hybridized carbons (Fsp3) is 0.438. The summed E-state index contributed by atoms with van der Waals surface area (Å²) in [5.74, 6) is 0.00298. The van der Waals surface area contributed by atoms with Crippen LogP contribution in [0, 0.1) is 5.92 Å². The fourth-order valence-corrected chi connectivity index (χ4v) is 2.92. The minimum atomic E-state index is -4.78. The molecule has 1 N–H and O–H groups in total. The third-order valence-electron chi connectivity index (χ3n) is 4.18. The molecular formula is C16H17F3N4O2. The first kappa shape index (κ1) is 17.4. The second-order valence-corrected chi connectivity index (χ2v) is 5.83. The quantitative estimate of drug-likeness (QED) is 0.910. The first-order valence-electron chi connectivity index (χ1n) is 7.85. The molecule has 134 valence electrons. The zero-order chi connectivity index (χ0) is 17.9. The molecular weight excluding hydrogens is 337 g/mol. The largest absolute Gasteiger partial charge is 0.574 e. The van der Waals surface area contributed by atoms with Crippen molar-refractivity contribution in [2.75, 3.05) is 18.0 Å². The van der Waals surface area contributed by atoms with Crippen LogP contribution < -0.4 is 9.64 Å². The third-order valence-corrected chi connectivity index (χ3v) is 4.18. The van der Waals surface area contributed by atoms with Crippen LogP contribution in [0.2, 0.25) is 0 Å². The highest BCUT2D eigenvalue weighted by atomic mass is 19.4. The van der Waals surface area contributed by atoms with Crippen LogP contribution in [0.4, 0.5) is 19.0 Å². The zero-order valence-corrected chi connectivity index (χ0v) is 13.2. The highest BCUT2D eigenvalue weighted by molar-refractivity contribution is 5.38. The van der Waals surface area contributed by atoms with Gasteiger partial charge in [-0.1, -0.05) is 6.07 Å². The number of nitrogens with zero attached hydrogens (tertiary/aromatic N) is 4. The molecule has 1 aliphatic heterocycles. The monoisotopic (exact) mass is 354 g/mol. The lowest BCUT2D eigenvalue weighted by atomic mass is 9.88. The Hall–Kier alpha value is -2.42.